The zero-order valence-electron chi connectivity index (χ0n) is 12.5. The third-order valence-corrected chi connectivity index (χ3v) is 5.57. The first kappa shape index (κ1) is 14.4. The highest BCUT2D eigenvalue weighted by Gasteiger charge is 2.34. The summed E-state index contributed by atoms with van der Waals surface area (Å²) in [7, 11) is 0. The first-order chi connectivity index (χ1) is 9.83. The number of halogens is 1. The fourth-order valence-corrected chi connectivity index (χ4v) is 4.52. The Kier molecular flexibility index (Phi) is 4.65. The average Bonchev–Trinajstić information content (AvgIpc) is 2.90. The van der Waals surface area contributed by atoms with Crippen molar-refractivity contribution >= 4 is 11.6 Å². The number of aromatic nitrogens is 3. The molecular weight excluding hydrogens is 270 g/mol. The Morgan fingerprint density at radius 3 is 2.65 bits per heavy atom. The van der Waals surface area contributed by atoms with Crippen molar-refractivity contribution in [2.75, 3.05) is 0 Å². The van der Waals surface area contributed by atoms with Crippen LogP contribution in [-0.4, -0.2) is 14.8 Å². The van der Waals surface area contributed by atoms with E-state index in [9.17, 15) is 0 Å². The lowest BCUT2D eigenvalue weighted by molar-refractivity contribution is 0.151. The van der Waals surface area contributed by atoms with Crippen LogP contribution in [0.15, 0.2) is 0 Å². The normalized spacial score (nSPS) is 30.2. The number of nitrogens with zero attached hydrogens (tertiary/aromatic N) is 3. The fraction of sp³-hybridized carbons (Fsp3) is 0.875. The molecule has 0 bridgehead atoms. The van der Waals surface area contributed by atoms with Gasteiger partial charge in [0.15, 0.2) is 0 Å². The standard InChI is InChI=1S/C16H26ClN3/c1-2-9-20-15(11-17)18-19-16(20)14-8-7-12-5-3-4-6-13(12)10-14/h12-14H,2-11H2,1H3. The Morgan fingerprint density at radius 1 is 1.10 bits per heavy atom. The number of hydrogen-bond donors (Lipinski definition) is 0. The predicted octanol–water partition coefficient (Wildman–Crippen LogP) is 4.50. The van der Waals surface area contributed by atoms with Gasteiger partial charge in [0.1, 0.15) is 11.6 Å². The summed E-state index contributed by atoms with van der Waals surface area (Å²) in [6.07, 6.45) is 10.9. The molecule has 112 valence electrons. The van der Waals surface area contributed by atoms with E-state index in [1.807, 2.05) is 0 Å². The Hall–Kier alpha value is -0.570. The third-order valence-electron chi connectivity index (χ3n) is 5.33. The van der Waals surface area contributed by atoms with Gasteiger partial charge in [0.05, 0.1) is 5.88 Å². The van der Waals surface area contributed by atoms with Gasteiger partial charge >= 0.3 is 0 Å². The molecular formula is C16H26ClN3. The molecule has 0 aliphatic heterocycles. The van der Waals surface area contributed by atoms with E-state index in [-0.39, 0.29) is 0 Å². The number of fused-ring (bicyclic) bond motifs is 1. The molecule has 3 rings (SSSR count). The highest BCUT2D eigenvalue weighted by molar-refractivity contribution is 6.16. The Bertz CT molecular complexity index is 443. The van der Waals surface area contributed by atoms with Crippen LogP contribution in [-0.2, 0) is 12.4 Å². The van der Waals surface area contributed by atoms with Gasteiger partial charge in [-0.05, 0) is 37.5 Å². The molecule has 0 radical (unpaired) electrons. The van der Waals surface area contributed by atoms with Crippen molar-refractivity contribution in [2.45, 2.75) is 76.6 Å². The second-order valence-corrected chi connectivity index (χ2v) is 6.84. The van der Waals surface area contributed by atoms with E-state index < -0.39 is 0 Å². The molecule has 0 aromatic carbocycles. The molecule has 4 heteroatoms. The van der Waals surface area contributed by atoms with E-state index in [2.05, 4.69) is 21.7 Å². The van der Waals surface area contributed by atoms with Crippen molar-refractivity contribution < 1.29 is 0 Å². The van der Waals surface area contributed by atoms with Crippen LogP contribution in [0.5, 0.6) is 0 Å². The molecule has 2 saturated carbocycles. The molecule has 0 saturated heterocycles. The second-order valence-electron chi connectivity index (χ2n) is 6.57. The molecule has 1 heterocycles. The van der Waals surface area contributed by atoms with Crippen LogP contribution in [0, 0.1) is 11.8 Å². The van der Waals surface area contributed by atoms with Crippen LogP contribution >= 0.6 is 11.6 Å². The van der Waals surface area contributed by atoms with E-state index in [4.69, 9.17) is 11.6 Å². The highest BCUT2D eigenvalue weighted by Crippen LogP contribution is 2.45. The zero-order chi connectivity index (χ0) is 13.9. The summed E-state index contributed by atoms with van der Waals surface area (Å²) in [6, 6.07) is 0. The molecule has 2 aliphatic rings. The van der Waals surface area contributed by atoms with Crippen LogP contribution in [0.2, 0.25) is 0 Å². The maximum atomic E-state index is 6.01. The minimum Gasteiger partial charge on any atom is -0.314 e. The summed E-state index contributed by atoms with van der Waals surface area (Å²) < 4.78 is 2.29. The van der Waals surface area contributed by atoms with Crippen LogP contribution in [0.3, 0.4) is 0 Å². The summed E-state index contributed by atoms with van der Waals surface area (Å²) in [6.45, 7) is 3.22. The van der Waals surface area contributed by atoms with Gasteiger partial charge in [-0.15, -0.1) is 21.8 Å². The monoisotopic (exact) mass is 295 g/mol. The van der Waals surface area contributed by atoms with Crippen molar-refractivity contribution in [1.29, 1.82) is 0 Å². The van der Waals surface area contributed by atoms with Crippen LogP contribution in [0.1, 0.15) is 75.9 Å². The van der Waals surface area contributed by atoms with E-state index in [1.165, 1.54) is 50.8 Å². The van der Waals surface area contributed by atoms with Gasteiger partial charge in [-0.3, -0.25) is 0 Å². The lowest BCUT2D eigenvalue weighted by atomic mass is 9.67. The summed E-state index contributed by atoms with van der Waals surface area (Å²) in [5.41, 5.74) is 0. The quantitative estimate of drug-likeness (QED) is 0.766. The van der Waals surface area contributed by atoms with E-state index in [0.717, 1.165) is 30.6 Å². The Labute approximate surface area is 127 Å². The van der Waals surface area contributed by atoms with Gasteiger partial charge < -0.3 is 4.57 Å². The molecule has 20 heavy (non-hydrogen) atoms. The summed E-state index contributed by atoms with van der Waals surface area (Å²) in [4.78, 5) is 0. The molecule has 1 aromatic heterocycles. The smallest absolute Gasteiger partial charge is 0.147 e. The minimum absolute atomic E-state index is 0.478. The zero-order valence-corrected chi connectivity index (χ0v) is 13.3. The van der Waals surface area contributed by atoms with Gasteiger partial charge in [-0.1, -0.05) is 32.6 Å². The second kappa shape index (κ2) is 6.46. The molecule has 2 fully saturated rings. The first-order valence-corrected chi connectivity index (χ1v) is 8.84. The van der Waals surface area contributed by atoms with E-state index >= 15 is 0 Å². The molecule has 3 unspecified atom stereocenters. The van der Waals surface area contributed by atoms with Gasteiger partial charge in [0, 0.05) is 12.5 Å². The predicted molar refractivity (Wildman–Crippen MR) is 81.9 cm³/mol. The maximum absolute atomic E-state index is 6.01. The van der Waals surface area contributed by atoms with E-state index in [1.54, 1.807) is 0 Å². The number of hydrogen-bond acceptors (Lipinski definition) is 2. The third kappa shape index (κ3) is 2.74. The van der Waals surface area contributed by atoms with Crippen molar-refractivity contribution in [3.8, 4) is 0 Å². The molecule has 0 spiro atoms. The first-order valence-electron chi connectivity index (χ1n) is 8.31. The van der Waals surface area contributed by atoms with Crippen molar-refractivity contribution in [3.63, 3.8) is 0 Å². The number of rotatable bonds is 4. The van der Waals surface area contributed by atoms with Gasteiger partial charge in [0.25, 0.3) is 0 Å². The van der Waals surface area contributed by atoms with Crippen molar-refractivity contribution in [3.05, 3.63) is 11.6 Å². The molecule has 1 aromatic rings. The van der Waals surface area contributed by atoms with Crippen LogP contribution in [0.25, 0.3) is 0 Å². The molecule has 0 amide bonds. The maximum Gasteiger partial charge on any atom is 0.147 e. The van der Waals surface area contributed by atoms with Crippen LogP contribution < -0.4 is 0 Å². The van der Waals surface area contributed by atoms with Crippen molar-refractivity contribution in [1.82, 2.24) is 14.8 Å². The summed E-state index contributed by atoms with van der Waals surface area (Å²) in [5.74, 6) is 5.20. The van der Waals surface area contributed by atoms with E-state index in [0.29, 0.717) is 11.8 Å². The molecule has 0 N–H and O–H groups in total. The topological polar surface area (TPSA) is 30.7 Å². The largest absolute Gasteiger partial charge is 0.314 e. The Morgan fingerprint density at radius 2 is 1.90 bits per heavy atom. The van der Waals surface area contributed by atoms with Gasteiger partial charge in [-0.2, -0.15) is 0 Å². The Balaban J connectivity index is 1.77. The SMILES string of the molecule is CCCn1c(CCl)nnc1C1CCC2CCCCC2C1. The minimum atomic E-state index is 0.478. The average molecular weight is 296 g/mol. The van der Waals surface area contributed by atoms with Gasteiger partial charge in [0.2, 0.25) is 0 Å². The molecule has 3 nitrogen and oxygen atoms in total. The molecule has 2 aliphatic carbocycles. The lowest BCUT2D eigenvalue weighted by Crippen LogP contribution is -2.28. The molecule has 3 atom stereocenters. The summed E-state index contributed by atoms with van der Waals surface area (Å²) >= 11 is 6.01. The fourth-order valence-electron chi connectivity index (χ4n) is 4.33. The lowest BCUT2D eigenvalue weighted by Gasteiger charge is -2.39. The number of alkyl halides is 1. The van der Waals surface area contributed by atoms with Crippen molar-refractivity contribution in [2.24, 2.45) is 11.8 Å². The van der Waals surface area contributed by atoms with Crippen LogP contribution in [0.4, 0.5) is 0 Å². The summed E-state index contributed by atoms with van der Waals surface area (Å²) in [5, 5.41) is 8.81. The van der Waals surface area contributed by atoms with Gasteiger partial charge in [-0.25, -0.2) is 0 Å². The highest BCUT2D eigenvalue weighted by atomic mass is 35.5.